The summed E-state index contributed by atoms with van der Waals surface area (Å²) in [5.74, 6) is 0.304. The molecule has 0 bridgehead atoms. The van der Waals surface area contributed by atoms with Crippen molar-refractivity contribution in [2.45, 2.75) is 26.3 Å². The second kappa shape index (κ2) is 8.55. The van der Waals surface area contributed by atoms with Crippen molar-refractivity contribution in [2.24, 2.45) is 7.05 Å². The zero-order chi connectivity index (χ0) is 22.0. The molecule has 0 atom stereocenters. The molecule has 31 heavy (non-hydrogen) atoms. The van der Waals surface area contributed by atoms with Gasteiger partial charge >= 0.3 is 0 Å². The first-order valence-electron chi connectivity index (χ1n) is 9.93. The molecule has 4 rings (SSSR count). The predicted molar refractivity (Wildman–Crippen MR) is 114 cm³/mol. The third-order valence-electron chi connectivity index (χ3n) is 4.72. The quantitative estimate of drug-likeness (QED) is 0.477. The molecule has 0 aliphatic rings. The van der Waals surface area contributed by atoms with Crippen LogP contribution in [-0.2, 0) is 18.3 Å². The molecule has 0 aliphatic heterocycles. The van der Waals surface area contributed by atoms with E-state index in [4.69, 9.17) is 4.74 Å². The first-order valence-corrected chi connectivity index (χ1v) is 9.93. The van der Waals surface area contributed by atoms with Gasteiger partial charge in [0.25, 0.3) is 5.91 Å². The first-order chi connectivity index (χ1) is 14.9. The number of aryl methyl sites for hydroxylation is 1. The number of nitrogens with zero attached hydrogens (tertiary/aromatic N) is 4. The number of hydrogen-bond donors (Lipinski definition) is 2. The van der Waals surface area contributed by atoms with Gasteiger partial charge in [-0.15, -0.1) is 0 Å². The number of amides is 1. The highest BCUT2D eigenvalue weighted by molar-refractivity contribution is 5.78. The Morgan fingerprint density at radius 1 is 1.26 bits per heavy atom. The van der Waals surface area contributed by atoms with E-state index in [1.165, 1.54) is 12.1 Å². The molecule has 0 saturated carbocycles. The number of fused-ring (bicyclic) bond motifs is 1. The lowest BCUT2D eigenvalue weighted by atomic mass is 10.1. The third-order valence-corrected chi connectivity index (χ3v) is 4.72. The van der Waals surface area contributed by atoms with Gasteiger partial charge in [0, 0.05) is 30.5 Å². The van der Waals surface area contributed by atoms with E-state index >= 15 is 0 Å². The highest BCUT2D eigenvalue weighted by atomic mass is 19.1. The third kappa shape index (κ3) is 4.71. The summed E-state index contributed by atoms with van der Waals surface area (Å²) in [5.41, 5.74) is 2.58. The number of carbonyl (C=O) groups excluding carboxylic acids is 1. The van der Waals surface area contributed by atoms with Crippen LogP contribution in [0.4, 0.5) is 4.39 Å². The summed E-state index contributed by atoms with van der Waals surface area (Å²) in [6.45, 7) is 3.44. The average Bonchev–Trinajstić information content (AvgIpc) is 3.33. The van der Waals surface area contributed by atoms with Crippen molar-refractivity contribution in [3.8, 4) is 17.1 Å². The van der Waals surface area contributed by atoms with Crippen molar-refractivity contribution in [1.29, 1.82) is 0 Å². The van der Waals surface area contributed by atoms with Gasteiger partial charge in [-0.3, -0.25) is 14.6 Å². The summed E-state index contributed by atoms with van der Waals surface area (Å²) < 4.78 is 21.5. The highest BCUT2D eigenvalue weighted by Gasteiger charge is 2.14. The van der Waals surface area contributed by atoms with Gasteiger partial charge in [-0.1, -0.05) is 6.07 Å². The normalized spacial score (nSPS) is 11.3. The minimum absolute atomic E-state index is 0.00523. The van der Waals surface area contributed by atoms with Crippen molar-refractivity contribution < 1.29 is 13.9 Å². The maximum absolute atomic E-state index is 14.5. The van der Waals surface area contributed by atoms with Crippen molar-refractivity contribution in [2.75, 3.05) is 6.61 Å². The molecule has 0 saturated heterocycles. The number of hydrogen-bond acceptors (Lipinski definition) is 5. The van der Waals surface area contributed by atoms with E-state index in [-0.39, 0.29) is 24.3 Å². The Balaban J connectivity index is 1.48. The molecule has 9 heteroatoms. The summed E-state index contributed by atoms with van der Waals surface area (Å²) >= 11 is 0. The Kier molecular flexibility index (Phi) is 5.66. The van der Waals surface area contributed by atoms with Crippen molar-refractivity contribution >= 4 is 16.8 Å². The summed E-state index contributed by atoms with van der Waals surface area (Å²) in [6, 6.07) is 10.5. The molecule has 4 aromatic rings. The van der Waals surface area contributed by atoms with E-state index in [1.807, 2.05) is 33.0 Å². The molecule has 2 aromatic heterocycles. The molecule has 0 radical (unpaired) electrons. The van der Waals surface area contributed by atoms with Crippen LogP contribution in [0.15, 0.2) is 42.6 Å². The van der Waals surface area contributed by atoms with E-state index in [0.29, 0.717) is 17.8 Å². The predicted octanol–water partition coefficient (Wildman–Crippen LogP) is 2.99. The lowest BCUT2D eigenvalue weighted by molar-refractivity contribution is -0.123. The molecular formula is C22H23FN6O2. The van der Waals surface area contributed by atoms with Crippen LogP contribution in [-0.4, -0.2) is 43.5 Å². The zero-order valence-electron chi connectivity index (χ0n) is 17.5. The minimum Gasteiger partial charge on any atom is -0.481 e. The lowest BCUT2D eigenvalue weighted by Crippen LogP contribution is -2.34. The van der Waals surface area contributed by atoms with Gasteiger partial charge in [0.2, 0.25) is 0 Å². The van der Waals surface area contributed by atoms with Crippen LogP contribution in [0.3, 0.4) is 0 Å². The highest BCUT2D eigenvalue weighted by Crippen LogP contribution is 2.24. The Morgan fingerprint density at radius 2 is 2.10 bits per heavy atom. The fraction of sp³-hybridized carbons (Fsp3) is 0.273. The molecule has 0 unspecified atom stereocenters. The fourth-order valence-electron chi connectivity index (χ4n) is 3.24. The van der Waals surface area contributed by atoms with Crippen LogP contribution < -0.4 is 10.1 Å². The molecule has 0 aliphatic carbocycles. The Morgan fingerprint density at radius 3 is 2.87 bits per heavy atom. The molecular weight excluding hydrogens is 399 g/mol. The topological polar surface area (TPSA) is 97.7 Å². The first kappa shape index (κ1) is 20.5. The molecule has 0 spiro atoms. The maximum Gasteiger partial charge on any atom is 0.258 e. The number of aromatic amines is 1. The Bertz CT molecular complexity index is 1230. The summed E-state index contributed by atoms with van der Waals surface area (Å²) in [6.07, 6.45) is 2.36. The Labute approximate surface area is 178 Å². The standard InChI is InChI=1S/C22H23FN6O2/c1-13(2)25-21(30)12-31-19-7-5-15(10-17(19)23)22-26-20(29(3)28-22)9-14-4-6-18-16(8-14)11-24-27-18/h4-8,10-11,13H,9,12H2,1-3H3,(H,24,27)(H,25,30). The van der Waals surface area contributed by atoms with Gasteiger partial charge in [0.1, 0.15) is 5.82 Å². The molecule has 2 N–H and O–H groups in total. The van der Waals surface area contributed by atoms with E-state index in [2.05, 4.69) is 31.7 Å². The zero-order valence-corrected chi connectivity index (χ0v) is 17.5. The number of nitrogens with one attached hydrogen (secondary N) is 2. The van der Waals surface area contributed by atoms with Gasteiger partial charge in [-0.2, -0.15) is 10.2 Å². The number of halogens is 1. The average molecular weight is 422 g/mol. The van der Waals surface area contributed by atoms with Crippen LogP contribution >= 0.6 is 0 Å². The van der Waals surface area contributed by atoms with Gasteiger partial charge in [-0.25, -0.2) is 9.37 Å². The molecule has 2 aromatic carbocycles. The van der Waals surface area contributed by atoms with Crippen LogP contribution in [0.25, 0.3) is 22.3 Å². The van der Waals surface area contributed by atoms with Crippen LogP contribution in [0.1, 0.15) is 25.2 Å². The number of benzene rings is 2. The fourth-order valence-corrected chi connectivity index (χ4v) is 3.24. The summed E-state index contributed by atoms with van der Waals surface area (Å²) in [7, 11) is 1.81. The minimum atomic E-state index is -0.575. The molecule has 8 nitrogen and oxygen atoms in total. The van der Waals surface area contributed by atoms with Gasteiger partial charge in [0.15, 0.2) is 24.0 Å². The summed E-state index contributed by atoms with van der Waals surface area (Å²) in [5, 5.41) is 15.1. The van der Waals surface area contributed by atoms with Crippen LogP contribution in [0.2, 0.25) is 0 Å². The second-order valence-corrected chi connectivity index (χ2v) is 7.60. The van der Waals surface area contributed by atoms with Crippen molar-refractivity contribution in [3.05, 3.63) is 59.8 Å². The van der Waals surface area contributed by atoms with Gasteiger partial charge in [-0.05, 0) is 49.7 Å². The number of carbonyl (C=O) groups is 1. The second-order valence-electron chi connectivity index (χ2n) is 7.60. The van der Waals surface area contributed by atoms with Crippen LogP contribution in [0, 0.1) is 5.82 Å². The van der Waals surface area contributed by atoms with Crippen LogP contribution in [0.5, 0.6) is 5.75 Å². The number of rotatable bonds is 7. The number of aromatic nitrogens is 5. The maximum atomic E-state index is 14.5. The molecule has 2 heterocycles. The SMILES string of the molecule is CC(C)NC(=O)COc1ccc(-c2nc(Cc3ccc4[nH]ncc4c3)n(C)n2)cc1F. The van der Waals surface area contributed by atoms with Gasteiger partial charge in [0.05, 0.1) is 11.7 Å². The van der Waals surface area contributed by atoms with Gasteiger partial charge < -0.3 is 10.1 Å². The molecule has 1 amide bonds. The molecule has 160 valence electrons. The smallest absolute Gasteiger partial charge is 0.258 e. The largest absolute Gasteiger partial charge is 0.481 e. The van der Waals surface area contributed by atoms with E-state index in [9.17, 15) is 9.18 Å². The molecule has 0 fully saturated rings. The Hall–Kier alpha value is -3.75. The number of H-pyrrole nitrogens is 1. The monoisotopic (exact) mass is 422 g/mol. The summed E-state index contributed by atoms with van der Waals surface area (Å²) in [4.78, 5) is 16.3. The number of ether oxygens (including phenoxy) is 1. The van der Waals surface area contributed by atoms with E-state index in [0.717, 1.165) is 22.3 Å². The lowest BCUT2D eigenvalue weighted by Gasteiger charge is -2.10. The van der Waals surface area contributed by atoms with E-state index < -0.39 is 5.82 Å². The van der Waals surface area contributed by atoms with E-state index in [1.54, 1.807) is 16.9 Å². The van der Waals surface area contributed by atoms with Crippen molar-refractivity contribution in [3.63, 3.8) is 0 Å². The van der Waals surface area contributed by atoms with Crippen molar-refractivity contribution in [1.82, 2.24) is 30.3 Å².